The van der Waals surface area contributed by atoms with Crippen LogP contribution in [0.2, 0.25) is 0 Å². The molecule has 150 valence electrons. The van der Waals surface area contributed by atoms with E-state index in [1.807, 2.05) is 0 Å². The molecule has 0 aromatic heterocycles. The van der Waals surface area contributed by atoms with Crippen LogP contribution in [0.5, 0.6) is 34.5 Å². The number of benzene rings is 3. The topological polar surface area (TPSA) is 145 Å². The Hall–Kier alpha value is -4.78. The van der Waals surface area contributed by atoms with Gasteiger partial charge in [0.1, 0.15) is 23.0 Å². The van der Waals surface area contributed by atoms with Gasteiger partial charge in [-0.1, -0.05) is 5.92 Å². The summed E-state index contributed by atoms with van der Waals surface area (Å²) in [5.41, 5.74) is -0.603. The first kappa shape index (κ1) is 20.0. The fraction of sp³-hybridized carbons (Fsp3) is 0. The molecule has 3 rings (SSSR count). The molecule has 30 heavy (non-hydrogen) atoms. The largest absolute Gasteiger partial charge is 0.502 e. The van der Waals surface area contributed by atoms with Crippen LogP contribution in [-0.2, 0) is 0 Å². The standard InChI is InChI=1S/C20H12N2O8/c1-2-12-3-4-15(29-13-5-7-16(21(25)26)18(23)9-13)11-20(12)30-14-6-8-17(22(27)28)19(24)10-14/h1,3-11,23-24H. The molecule has 2 N–H and O–H groups in total. The molecule has 0 radical (unpaired) electrons. The zero-order valence-electron chi connectivity index (χ0n) is 15.0. The van der Waals surface area contributed by atoms with Crippen LogP contribution < -0.4 is 9.47 Å². The third-order valence-electron chi connectivity index (χ3n) is 3.86. The number of nitro groups is 2. The smallest absolute Gasteiger partial charge is 0.310 e. The highest BCUT2D eigenvalue weighted by atomic mass is 16.6. The summed E-state index contributed by atoms with van der Waals surface area (Å²) >= 11 is 0. The van der Waals surface area contributed by atoms with E-state index in [0.717, 1.165) is 24.3 Å². The molecule has 0 saturated heterocycles. The maximum Gasteiger partial charge on any atom is 0.310 e. The van der Waals surface area contributed by atoms with Crippen molar-refractivity contribution in [2.75, 3.05) is 0 Å². The molecule has 3 aromatic carbocycles. The van der Waals surface area contributed by atoms with Crippen LogP contribution in [0.4, 0.5) is 11.4 Å². The summed E-state index contributed by atoms with van der Waals surface area (Å²) in [5, 5.41) is 41.0. The molecule has 0 bridgehead atoms. The second-order valence-electron chi connectivity index (χ2n) is 5.82. The predicted octanol–water partition coefficient (Wildman–Crippen LogP) is 4.48. The van der Waals surface area contributed by atoms with E-state index in [9.17, 15) is 30.4 Å². The van der Waals surface area contributed by atoms with Gasteiger partial charge in [0, 0.05) is 30.3 Å². The van der Waals surface area contributed by atoms with Gasteiger partial charge < -0.3 is 19.7 Å². The minimum atomic E-state index is -0.736. The van der Waals surface area contributed by atoms with Crippen LogP contribution in [0.15, 0.2) is 54.6 Å². The number of aromatic hydroxyl groups is 2. The molecule has 0 saturated carbocycles. The number of nitro benzene ring substituents is 2. The van der Waals surface area contributed by atoms with E-state index in [4.69, 9.17) is 15.9 Å². The Balaban J connectivity index is 1.88. The number of rotatable bonds is 6. The van der Waals surface area contributed by atoms with Crippen LogP contribution in [0.1, 0.15) is 5.56 Å². The number of hydrogen-bond acceptors (Lipinski definition) is 8. The highest BCUT2D eigenvalue weighted by Crippen LogP contribution is 2.36. The van der Waals surface area contributed by atoms with E-state index in [1.165, 1.54) is 30.3 Å². The molecule has 0 aliphatic rings. The normalized spacial score (nSPS) is 10.1. The zero-order chi connectivity index (χ0) is 21.8. The Morgan fingerprint density at radius 1 is 0.767 bits per heavy atom. The molecule has 10 nitrogen and oxygen atoms in total. The number of hydrogen-bond donors (Lipinski definition) is 2. The number of ether oxygens (including phenoxy) is 2. The molecule has 0 spiro atoms. The van der Waals surface area contributed by atoms with E-state index in [-0.39, 0.29) is 23.0 Å². The Morgan fingerprint density at radius 3 is 1.70 bits per heavy atom. The number of terminal acetylenes is 1. The van der Waals surface area contributed by atoms with Crippen LogP contribution in [0.3, 0.4) is 0 Å². The SMILES string of the molecule is C#Cc1ccc(Oc2ccc([N+](=O)[O-])c(O)c2)cc1Oc1ccc([N+](=O)[O-])c(O)c1. The monoisotopic (exact) mass is 408 g/mol. The average Bonchev–Trinajstić information content (AvgIpc) is 2.68. The quantitative estimate of drug-likeness (QED) is 0.345. The summed E-state index contributed by atoms with van der Waals surface area (Å²) in [7, 11) is 0. The van der Waals surface area contributed by atoms with Gasteiger partial charge in [0.25, 0.3) is 0 Å². The summed E-state index contributed by atoms with van der Waals surface area (Å²) < 4.78 is 11.2. The average molecular weight is 408 g/mol. The Bertz CT molecular complexity index is 1200. The van der Waals surface area contributed by atoms with E-state index in [2.05, 4.69) is 5.92 Å². The molecule has 0 aliphatic carbocycles. The number of phenolic OH excluding ortho intramolecular Hbond substituents is 2. The van der Waals surface area contributed by atoms with Crippen LogP contribution in [-0.4, -0.2) is 20.1 Å². The summed E-state index contributed by atoms with van der Waals surface area (Å²) in [5.74, 6) is 1.91. The molecule has 0 heterocycles. The second-order valence-corrected chi connectivity index (χ2v) is 5.82. The van der Waals surface area contributed by atoms with Gasteiger partial charge in [0.05, 0.1) is 15.4 Å². The first-order chi connectivity index (χ1) is 14.3. The lowest BCUT2D eigenvalue weighted by Gasteiger charge is -2.11. The van der Waals surface area contributed by atoms with Crippen molar-refractivity contribution >= 4 is 11.4 Å². The minimum absolute atomic E-state index is 0.0970. The first-order valence-electron chi connectivity index (χ1n) is 8.19. The third kappa shape index (κ3) is 4.20. The van der Waals surface area contributed by atoms with Crippen molar-refractivity contribution in [3.8, 4) is 46.8 Å². The van der Waals surface area contributed by atoms with E-state index in [1.54, 1.807) is 0 Å². The molecule has 0 unspecified atom stereocenters. The van der Waals surface area contributed by atoms with Crippen molar-refractivity contribution in [2.24, 2.45) is 0 Å². The van der Waals surface area contributed by atoms with Crippen molar-refractivity contribution in [1.82, 2.24) is 0 Å². The predicted molar refractivity (Wildman–Crippen MR) is 104 cm³/mol. The van der Waals surface area contributed by atoms with E-state index in [0.29, 0.717) is 5.56 Å². The van der Waals surface area contributed by atoms with Gasteiger partial charge in [0.2, 0.25) is 0 Å². The van der Waals surface area contributed by atoms with Gasteiger partial charge in [-0.3, -0.25) is 20.2 Å². The van der Waals surface area contributed by atoms with E-state index >= 15 is 0 Å². The van der Waals surface area contributed by atoms with Gasteiger partial charge in [0.15, 0.2) is 11.5 Å². The lowest BCUT2D eigenvalue weighted by Crippen LogP contribution is -1.93. The summed E-state index contributed by atoms with van der Waals surface area (Å²) in [6.45, 7) is 0. The van der Waals surface area contributed by atoms with Crippen LogP contribution >= 0.6 is 0 Å². The molecule has 0 aliphatic heterocycles. The molecule has 0 atom stereocenters. The summed E-state index contributed by atoms with van der Waals surface area (Å²) in [6.07, 6.45) is 5.46. The second kappa shape index (κ2) is 8.07. The Labute approximate surface area is 168 Å². The maximum atomic E-state index is 10.8. The third-order valence-corrected chi connectivity index (χ3v) is 3.86. The van der Waals surface area contributed by atoms with Gasteiger partial charge in [-0.05, 0) is 24.3 Å². The first-order valence-corrected chi connectivity index (χ1v) is 8.19. The van der Waals surface area contributed by atoms with Crippen LogP contribution in [0, 0.1) is 32.6 Å². The lowest BCUT2D eigenvalue weighted by molar-refractivity contribution is -0.386. The lowest BCUT2D eigenvalue weighted by atomic mass is 10.2. The zero-order valence-corrected chi connectivity index (χ0v) is 15.0. The summed E-state index contributed by atoms with van der Waals surface area (Å²) in [6, 6.07) is 11.4. The van der Waals surface area contributed by atoms with Gasteiger partial charge in [-0.2, -0.15) is 0 Å². The summed E-state index contributed by atoms with van der Waals surface area (Å²) in [4.78, 5) is 20.1. The van der Waals surface area contributed by atoms with Crippen molar-refractivity contribution in [1.29, 1.82) is 0 Å². The highest BCUT2D eigenvalue weighted by Gasteiger charge is 2.16. The van der Waals surface area contributed by atoms with E-state index < -0.39 is 32.7 Å². The molecular formula is C20H12N2O8. The van der Waals surface area contributed by atoms with Crippen molar-refractivity contribution in [3.05, 3.63) is 80.4 Å². The van der Waals surface area contributed by atoms with Crippen LogP contribution in [0.25, 0.3) is 0 Å². The molecule has 0 amide bonds. The molecular weight excluding hydrogens is 396 g/mol. The van der Waals surface area contributed by atoms with Crippen molar-refractivity contribution < 1.29 is 29.5 Å². The van der Waals surface area contributed by atoms with Gasteiger partial charge >= 0.3 is 11.4 Å². The van der Waals surface area contributed by atoms with Gasteiger partial charge in [-0.15, -0.1) is 6.42 Å². The fourth-order valence-electron chi connectivity index (χ4n) is 2.48. The van der Waals surface area contributed by atoms with Crippen molar-refractivity contribution in [2.45, 2.75) is 0 Å². The Morgan fingerprint density at radius 2 is 1.23 bits per heavy atom. The number of nitrogens with zero attached hydrogens (tertiary/aromatic N) is 2. The molecule has 0 fully saturated rings. The Kier molecular flexibility index (Phi) is 5.37. The minimum Gasteiger partial charge on any atom is -0.502 e. The maximum absolute atomic E-state index is 10.8. The van der Waals surface area contributed by atoms with Gasteiger partial charge in [-0.25, -0.2) is 0 Å². The molecule has 10 heteroatoms. The highest BCUT2D eigenvalue weighted by molar-refractivity contribution is 5.55. The molecule has 3 aromatic rings. The van der Waals surface area contributed by atoms with Crippen molar-refractivity contribution in [3.63, 3.8) is 0 Å². The fourth-order valence-corrected chi connectivity index (χ4v) is 2.48. The number of phenols is 2.